The standard InChI is InChI=1S/C12H20N2O/c1-4-8-14(9-5-2)12(15)10(3)13-11-6-7-11/h4-5,10-11,13H,1-2,6-9H2,3H3. The van der Waals surface area contributed by atoms with Gasteiger partial charge in [-0.05, 0) is 19.8 Å². The molecule has 1 aliphatic rings. The zero-order chi connectivity index (χ0) is 11.3. The molecule has 1 unspecified atom stereocenters. The molecule has 3 heteroatoms. The molecule has 1 N–H and O–H groups in total. The first-order chi connectivity index (χ1) is 7.19. The molecule has 1 atom stereocenters. The SMILES string of the molecule is C=CCN(CC=C)C(=O)C(C)NC1CC1. The van der Waals surface area contributed by atoms with E-state index in [0.29, 0.717) is 19.1 Å². The number of carbonyl (C=O) groups excluding carboxylic acids is 1. The van der Waals surface area contributed by atoms with E-state index in [0.717, 1.165) is 0 Å². The van der Waals surface area contributed by atoms with Gasteiger partial charge in [0, 0.05) is 19.1 Å². The van der Waals surface area contributed by atoms with Crippen LogP contribution in [-0.4, -0.2) is 36.0 Å². The van der Waals surface area contributed by atoms with Crippen molar-refractivity contribution in [2.45, 2.75) is 31.8 Å². The minimum absolute atomic E-state index is 0.0996. The van der Waals surface area contributed by atoms with Crippen LogP contribution in [0.2, 0.25) is 0 Å². The molecule has 0 bridgehead atoms. The fourth-order valence-electron chi connectivity index (χ4n) is 1.51. The Morgan fingerprint density at radius 3 is 2.40 bits per heavy atom. The first kappa shape index (κ1) is 12.0. The number of nitrogens with zero attached hydrogens (tertiary/aromatic N) is 1. The Bertz CT molecular complexity index is 236. The minimum Gasteiger partial charge on any atom is -0.334 e. The van der Waals surface area contributed by atoms with Crippen molar-refractivity contribution in [3.05, 3.63) is 25.3 Å². The normalized spacial score (nSPS) is 16.9. The summed E-state index contributed by atoms with van der Waals surface area (Å²) in [5.74, 6) is 0.127. The van der Waals surface area contributed by atoms with E-state index in [4.69, 9.17) is 0 Å². The molecule has 3 nitrogen and oxygen atoms in total. The molecule has 0 aromatic rings. The highest BCUT2D eigenvalue weighted by atomic mass is 16.2. The average Bonchev–Trinajstić information content (AvgIpc) is 3.00. The van der Waals surface area contributed by atoms with Crippen molar-refractivity contribution in [3.8, 4) is 0 Å². The molecule has 1 fully saturated rings. The van der Waals surface area contributed by atoms with Crippen LogP contribution in [0, 0.1) is 0 Å². The number of rotatable bonds is 7. The van der Waals surface area contributed by atoms with E-state index in [1.807, 2.05) is 6.92 Å². The third-order valence-electron chi connectivity index (χ3n) is 2.44. The molecule has 0 saturated heterocycles. The van der Waals surface area contributed by atoms with Crippen LogP contribution in [0.4, 0.5) is 0 Å². The largest absolute Gasteiger partial charge is 0.334 e. The van der Waals surface area contributed by atoms with Gasteiger partial charge in [0.1, 0.15) is 0 Å². The molecule has 0 radical (unpaired) electrons. The molecular formula is C12H20N2O. The van der Waals surface area contributed by atoms with Gasteiger partial charge < -0.3 is 10.2 Å². The predicted molar refractivity (Wildman–Crippen MR) is 62.6 cm³/mol. The highest BCUT2D eigenvalue weighted by molar-refractivity contribution is 5.81. The maximum Gasteiger partial charge on any atom is 0.239 e. The topological polar surface area (TPSA) is 32.3 Å². The summed E-state index contributed by atoms with van der Waals surface area (Å²) in [6.45, 7) is 10.4. The summed E-state index contributed by atoms with van der Waals surface area (Å²) in [5.41, 5.74) is 0. The Balaban J connectivity index is 2.43. The number of hydrogen-bond acceptors (Lipinski definition) is 2. The van der Waals surface area contributed by atoms with Crippen molar-refractivity contribution in [1.29, 1.82) is 0 Å². The van der Waals surface area contributed by atoms with Crippen LogP contribution in [0.25, 0.3) is 0 Å². The van der Waals surface area contributed by atoms with Gasteiger partial charge in [0.2, 0.25) is 5.91 Å². The Labute approximate surface area is 91.8 Å². The molecule has 1 amide bonds. The number of carbonyl (C=O) groups is 1. The maximum atomic E-state index is 12.0. The highest BCUT2D eigenvalue weighted by Gasteiger charge is 2.27. The molecule has 0 aromatic heterocycles. The van der Waals surface area contributed by atoms with E-state index in [9.17, 15) is 4.79 Å². The van der Waals surface area contributed by atoms with Gasteiger partial charge in [-0.3, -0.25) is 4.79 Å². The summed E-state index contributed by atoms with van der Waals surface area (Å²) in [7, 11) is 0. The van der Waals surface area contributed by atoms with Gasteiger partial charge >= 0.3 is 0 Å². The third-order valence-corrected chi connectivity index (χ3v) is 2.44. The summed E-state index contributed by atoms with van der Waals surface area (Å²) < 4.78 is 0. The van der Waals surface area contributed by atoms with Crippen molar-refractivity contribution >= 4 is 5.91 Å². The van der Waals surface area contributed by atoms with Crippen LogP contribution in [0.1, 0.15) is 19.8 Å². The number of amides is 1. The lowest BCUT2D eigenvalue weighted by Gasteiger charge is -2.23. The Hall–Kier alpha value is -1.09. The first-order valence-electron chi connectivity index (χ1n) is 5.45. The van der Waals surface area contributed by atoms with E-state index in [2.05, 4.69) is 18.5 Å². The summed E-state index contributed by atoms with van der Waals surface area (Å²) in [4.78, 5) is 13.7. The van der Waals surface area contributed by atoms with Gasteiger partial charge in [-0.1, -0.05) is 12.2 Å². The highest BCUT2D eigenvalue weighted by Crippen LogP contribution is 2.19. The van der Waals surface area contributed by atoms with Crippen molar-refractivity contribution < 1.29 is 4.79 Å². The lowest BCUT2D eigenvalue weighted by Crippen LogP contribution is -2.45. The van der Waals surface area contributed by atoms with Gasteiger partial charge in [-0.15, -0.1) is 13.2 Å². The maximum absolute atomic E-state index is 12.0. The molecule has 0 heterocycles. The molecule has 84 valence electrons. The van der Waals surface area contributed by atoms with Gasteiger partial charge in [0.25, 0.3) is 0 Å². The second-order valence-corrected chi connectivity index (χ2v) is 3.98. The van der Waals surface area contributed by atoms with Crippen molar-refractivity contribution in [2.75, 3.05) is 13.1 Å². The molecule has 1 saturated carbocycles. The predicted octanol–water partition coefficient (Wildman–Crippen LogP) is 1.33. The fraction of sp³-hybridized carbons (Fsp3) is 0.583. The van der Waals surface area contributed by atoms with E-state index in [1.54, 1.807) is 17.1 Å². The van der Waals surface area contributed by atoms with Crippen LogP contribution in [0.3, 0.4) is 0 Å². The lowest BCUT2D eigenvalue weighted by atomic mass is 10.2. The summed E-state index contributed by atoms with van der Waals surface area (Å²) in [5, 5.41) is 3.29. The molecule has 0 spiro atoms. The molecule has 1 aliphatic carbocycles. The summed E-state index contributed by atoms with van der Waals surface area (Å²) >= 11 is 0. The number of hydrogen-bond donors (Lipinski definition) is 1. The van der Waals surface area contributed by atoms with Gasteiger partial charge in [-0.25, -0.2) is 0 Å². The van der Waals surface area contributed by atoms with E-state index in [-0.39, 0.29) is 11.9 Å². The average molecular weight is 208 g/mol. The smallest absolute Gasteiger partial charge is 0.239 e. The Morgan fingerprint density at radius 2 is 2.00 bits per heavy atom. The van der Waals surface area contributed by atoms with Crippen LogP contribution in [0.15, 0.2) is 25.3 Å². The molecular weight excluding hydrogens is 188 g/mol. The Morgan fingerprint density at radius 1 is 1.47 bits per heavy atom. The van der Waals surface area contributed by atoms with Crippen LogP contribution in [0.5, 0.6) is 0 Å². The van der Waals surface area contributed by atoms with Crippen molar-refractivity contribution in [2.24, 2.45) is 0 Å². The van der Waals surface area contributed by atoms with Gasteiger partial charge in [0.15, 0.2) is 0 Å². The fourth-order valence-corrected chi connectivity index (χ4v) is 1.51. The van der Waals surface area contributed by atoms with Gasteiger partial charge in [0.05, 0.1) is 6.04 Å². The molecule has 0 aromatic carbocycles. The summed E-state index contributed by atoms with van der Waals surface area (Å²) in [6, 6.07) is 0.454. The monoisotopic (exact) mass is 208 g/mol. The van der Waals surface area contributed by atoms with Crippen molar-refractivity contribution in [3.63, 3.8) is 0 Å². The zero-order valence-corrected chi connectivity index (χ0v) is 9.41. The van der Waals surface area contributed by atoms with E-state index < -0.39 is 0 Å². The molecule has 0 aliphatic heterocycles. The van der Waals surface area contributed by atoms with Crippen LogP contribution in [-0.2, 0) is 4.79 Å². The zero-order valence-electron chi connectivity index (χ0n) is 9.41. The van der Waals surface area contributed by atoms with Crippen LogP contribution >= 0.6 is 0 Å². The number of nitrogens with one attached hydrogen (secondary N) is 1. The lowest BCUT2D eigenvalue weighted by molar-refractivity contribution is -0.132. The van der Waals surface area contributed by atoms with Crippen molar-refractivity contribution in [1.82, 2.24) is 10.2 Å². The minimum atomic E-state index is -0.0996. The molecule has 1 rings (SSSR count). The first-order valence-corrected chi connectivity index (χ1v) is 5.45. The van der Waals surface area contributed by atoms with E-state index >= 15 is 0 Å². The third kappa shape index (κ3) is 3.88. The second-order valence-electron chi connectivity index (χ2n) is 3.98. The van der Waals surface area contributed by atoms with E-state index in [1.165, 1.54) is 12.8 Å². The van der Waals surface area contributed by atoms with Gasteiger partial charge in [-0.2, -0.15) is 0 Å². The quantitative estimate of drug-likeness (QED) is 0.640. The van der Waals surface area contributed by atoms with Crippen LogP contribution < -0.4 is 5.32 Å². The summed E-state index contributed by atoms with van der Waals surface area (Å²) in [6.07, 6.45) is 5.87. The second kappa shape index (κ2) is 5.71. The molecule has 15 heavy (non-hydrogen) atoms. The Kier molecular flexibility index (Phi) is 4.56.